The van der Waals surface area contributed by atoms with Crippen LogP contribution in [-0.2, 0) is 21.2 Å². The first-order valence-corrected chi connectivity index (χ1v) is 8.03. The average Bonchev–Trinajstić information content (AvgIpc) is 2.45. The lowest BCUT2D eigenvalue weighted by Gasteiger charge is -2.43. The van der Waals surface area contributed by atoms with Crippen LogP contribution in [0.25, 0.3) is 0 Å². The molecule has 0 aliphatic carbocycles. The number of rotatable bonds is 2. The molecule has 1 amide bonds. The summed E-state index contributed by atoms with van der Waals surface area (Å²) in [6.45, 7) is 4.46. The minimum Gasteiger partial charge on any atom is -0.384 e. The van der Waals surface area contributed by atoms with Crippen molar-refractivity contribution >= 4 is 21.6 Å². The van der Waals surface area contributed by atoms with E-state index in [1.54, 1.807) is 18.2 Å². The van der Waals surface area contributed by atoms with Crippen LogP contribution in [-0.4, -0.2) is 30.8 Å². The van der Waals surface area contributed by atoms with Gasteiger partial charge < -0.3 is 5.11 Å². The largest absolute Gasteiger partial charge is 0.384 e. The monoisotopic (exact) mass is 307 g/mol. The van der Waals surface area contributed by atoms with Crippen LogP contribution < -0.4 is 4.31 Å². The van der Waals surface area contributed by atoms with Crippen LogP contribution in [0.3, 0.4) is 0 Å². The molecule has 1 N–H and O–H groups in total. The molecule has 1 heterocycles. The molecule has 1 aliphatic heterocycles. The average molecular weight is 307 g/mol. The third kappa shape index (κ3) is 2.23. The van der Waals surface area contributed by atoms with Crippen molar-refractivity contribution in [2.24, 2.45) is 0 Å². The zero-order valence-corrected chi connectivity index (χ0v) is 13.0. The molecule has 112 valence electrons. The minimum atomic E-state index is -3.66. The maximum Gasteiger partial charge on any atom is 0.263 e. The van der Waals surface area contributed by atoms with Crippen molar-refractivity contribution in [2.45, 2.75) is 31.9 Å². The van der Waals surface area contributed by atoms with E-state index in [0.29, 0.717) is 17.7 Å². The van der Waals surface area contributed by atoms with Crippen LogP contribution in [0.2, 0.25) is 0 Å². The first kappa shape index (κ1) is 15.5. The number of carbonyl (C=O) groups is 1. The highest BCUT2D eigenvalue weighted by atomic mass is 32.2. The Morgan fingerprint density at radius 2 is 2.00 bits per heavy atom. The van der Waals surface area contributed by atoms with Crippen LogP contribution in [0, 0.1) is 11.8 Å². The molecular formula is C15H17NO4S. The van der Waals surface area contributed by atoms with Gasteiger partial charge in [-0.05, 0) is 44.0 Å². The van der Waals surface area contributed by atoms with E-state index in [1.807, 2.05) is 6.92 Å². The highest BCUT2D eigenvalue weighted by Crippen LogP contribution is 2.40. The molecule has 2 rings (SSSR count). The molecule has 0 atom stereocenters. The van der Waals surface area contributed by atoms with Crippen LogP contribution in [0.1, 0.15) is 31.9 Å². The Morgan fingerprint density at radius 3 is 2.52 bits per heavy atom. The number of aryl methyl sites for hydroxylation is 1. The second-order valence-corrected chi connectivity index (χ2v) is 7.58. The topological polar surface area (TPSA) is 74.7 Å². The summed E-state index contributed by atoms with van der Waals surface area (Å²) >= 11 is 0. The number of aliphatic hydroxyl groups excluding tert-OH is 1. The summed E-state index contributed by atoms with van der Waals surface area (Å²) in [6.07, 6.45) is 0.573. The Labute approximate surface area is 124 Å². The van der Waals surface area contributed by atoms with E-state index in [2.05, 4.69) is 11.8 Å². The van der Waals surface area contributed by atoms with E-state index < -0.39 is 20.7 Å². The molecule has 1 aromatic carbocycles. The first-order chi connectivity index (χ1) is 9.77. The maximum absolute atomic E-state index is 12.3. The van der Waals surface area contributed by atoms with E-state index in [4.69, 9.17) is 5.11 Å². The fourth-order valence-corrected chi connectivity index (χ4v) is 3.70. The van der Waals surface area contributed by atoms with E-state index >= 15 is 0 Å². The summed E-state index contributed by atoms with van der Waals surface area (Å²) in [5, 5.41) is 8.70. The number of anilines is 1. The van der Waals surface area contributed by atoms with Gasteiger partial charge in [0.1, 0.15) is 6.61 Å². The number of benzene rings is 1. The summed E-state index contributed by atoms with van der Waals surface area (Å²) in [7, 11) is -3.66. The van der Waals surface area contributed by atoms with Gasteiger partial charge in [-0.25, -0.2) is 12.7 Å². The highest BCUT2D eigenvalue weighted by Gasteiger charge is 2.61. The van der Waals surface area contributed by atoms with Gasteiger partial charge in [-0.15, -0.1) is 0 Å². The lowest BCUT2D eigenvalue weighted by Crippen LogP contribution is -2.67. The summed E-state index contributed by atoms with van der Waals surface area (Å²) in [5.74, 6) is 4.88. The van der Waals surface area contributed by atoms with Gasteiger partial charge >= 0.3 is 0 Å². The van der Waals surface area contributed by atoms with Crippen molar-refractivity contribution in [3.05, 3.63) is 29.3 Å². The quantitative estimate of drug-likeness (QED) is 0.829. The van der Waals surface area contributed by atoms with Crippen molar-refractivity contribution < 1.29 is 18.3 Å². The third-order valence-electron chi connectivity index (χ3n) is 3.58. The van der Waals surface area contributed by atoms with Gasteiger partial charge in [0, 0.05) is 5.56 Å². The number of sulfonamides is 1. The van der Waals surface area contributed by atoms with Crippen LogP contribution in [0.5, 0.6) is 0 Å². The normalized spacial score (nSPS) is 18.7. The Hall–Kier alpha value is -1.84. The number of carbonyl (C=O) groups excluding carboxylic acids is 1. The first-order valence-electron chi connectivity index (χ1n) is 6.59. The molecule has 21 heavy (non-hydrogen) atoms. The van der Waals surface area contributed by atoms with Crippen molar-refractivity contribution in [2.75, 3.05) is 10.9 Å². The summed E-state index contributed by atoms with van der Waals surface area (Å²) in [4.78, 5) is 12.1. The fourth-order valence-electron chi connectivity index (χ4n) is 2.18. The predicted octanol–water partition coefficient (Wildman–Crippen LogP) is 1.05. The summed E-state index contributed by atoms with van der Waals surface area (Å²) in [6, 6.07) is 4.97. The Kier molecular flexibility index (Phi) is 3.83. The molecule has 0 spiro atoms. The Bertz CT molecular complexity index is 754. The third-order valence-corrected chi connectivity index (χ3v) is 5.88. The second kappa shape index (κ2) is 5.17. The molecular weight excluding hydrogens is 290 g/mol. The van der Waals surface area contributed by atoms with Gasteiger partial charge in [-0.1, -0.05) is 18.8 Å². The molecule has 1 saturated heterocycles. The number of hydrogen-bond donors (Lipinski definition) is 1. The number of amides is 1. The van der Waals surface area contributed by atoms with Gasteiger partial charge in [-0.2, -0.15) is 0 Å². The highest BCUT2D eigenvalue weighted by molar-refractivity contribution is 7.98. The summed E-state index contributed by atoms with van der Waals surface area (Å²) in [5.41, 5.74) is 1.79. The minimum absolute atomic E-state index is 0.240. The SMILES string of the molecule is CCc1cc(C#CCO)ccc1N1C(=O)C(C)(C)S1(=O)=O. The molecule has 5 nitrogen and oxygen atoms in total. The van der Waals surface area contributed by atoms with Gasteiger partial charge in [0.25, 0.3) is 15.9 Å². The zero-order valence-electron chi connectivity index (χ0n) is 12.2. The van der Waals surface area contributed by atoms with E-state index in [1.165, 1.54) is 13.8 Å². The molecule has 1 aromatic rings. The zero-order chi connectivity index (χ0) is 15.8. The number of hydrogen-bond acceptors (Lipinski definition) is 4. The molecule has 6 heteroatoms. The van der Waals surface area contributed by atoms with E-state index in [-0.39, 0.29) is 6.61 Å². The maximum atomic E-state index is 12.3. The van der Waals surface area contributed by atoms with Crippen LogP contribution in [0.15, 0.2) is 18.2 Å². The van der Waals surface area contributed by atoms with Gasteiger partial charge in [-0.3, -0.25) is 4.79 Å². The molecule has 1 fully saturated rings. The van der Waals surface area contributed by atoms with Gasteiger partial charge in [0.15, 0.2) is 4.75 Å². The number of nitrogens with zero attached hydrogens (tertiary/aromatic N) is 1. The summed E-state index contributed by atoms with van der Waals surface area (Å²) < 4.78 is 24.0. The van der Waals surface area contributed by atoms with E-state index in [9.17, 15) is 13.2 Å². The molecule has 0 radical (unpaired) electrons. The molecule has 0 aromatic heterocycles. The van der Waals surface area contributed by atoms with E-state index in [0.717, 1.165) is 9.87 Å². The Morgan fingerprint density at radius 1 is 1.33 bits per heavy atom. The number of aliphatic hydroxyl groups is 1. The van der Waals surface area contributed by atoms with Crippen LogP contribution >= 0.6 is 0 Å². The lowest BCUT2D eigenvalue weighted by molar-refractivity contribution is -0.120. The predicted molar refractivity (Wildman–Crippen MR) is 80.3 cm³/mol. The molecule has 0 saturated carbocycles. The van der Waals surface area contributed by atoms with Crippen molar-refractivity contribution in [1.82, 2.24) is 0 Å². The van der Waals surface area contributed by atoms with Crippen molar-refractivity contribution in [3.63, 3.8) is 0 Å². The molecule has 0 bridgehead atoms. The molecule has 1 aliphatic rings. The van der Waals surface area contributed by atoms with Crippen molar-refractivity contribution in [3.8, 4) is 11.8 Å². The standard InChI is InChI=1S/C15H17NO4S/c1-4-12-10-11(6-5-9-17)7-8-13(12)16-14(18)15(2,3)21(16,19)20/h7-8,10,17H,4,9H2,1-3H3. The fraction of sp³-hybridized carbons (Fsp3) is 0.400. The smallest absolute Gasteiger partial charge is 0.263 e. The second-order valence-electron chi connectivity index (χ2n) is 5.24. The van der Waals surface area contributed by atoms with Gasteiger partial charge in [0.05, 0.1) is 5.69 Å². The van der Waals surface area contributed by atoms with Crippen molar-refractivity contribution in [1.29, 1.82) is 0 Å². The Balaban J connectivity index is 2.49. The van der Waals surface area contributed by atoms with Gasteiger partial charge in [0.2, 0.25) is 0 Å². The van der Waals surface area contributed by atoms with Crippen LogP contribution in [0.4, 0.5) is 5.69 Å². The lowest BCUT2D eigenvalue weighted by atomic mass is 10.1. The molecule has 0 unspecified atom stereocenters.